The average Bonchev–Trinajstić information content (AvgIpc) is 1.83. The van der Waals surface area contributed by atoms with E-state index in [1.165, 1.54) is 6.21 Å². The molecule has 1 heterocycles. The molecular weight excluding hydrogens is 142 g/mol. The number of alkyl halides is 1. The van der Waals surface area contributed by atoms with E-state index in [0.717, 1.165) is 0 Å². The molecule has 0 saturated heterocycles. The van der Waals surface area contributed by atoms with Crippen LogP contribution in [0, 0.1) is 5.41 Å². The van der Waals surface area contributed by atoms with Gasteiger partial charge in [-0.15, -0.1) is 11.6 Å². The maximum absolute atomic E-state index is 10.5. The summed E-state index contributed by atoms with van der Waals surface area (Å²) in [6.45, 7) is 0. The predicted molar refractivity (Wildman–Crippen MR) is 34.0 cm³/mol. The number of carbonyl (C=O) groups excluding carboxylic acids is 1. The summed E-state index contributed by atoms with van der Waals surface area (Å²) in [4.78, 5) is 10.5. The zero-order valence-corrected chi connectivity index (χ0v) is 5.14. The molecule has 1 atom stereocenters. The Balaban J connectivity index is 2.81. The van der Waals surface area contributed by atoms with Gasteiger partial charge in [-0.3, -0.25) is 4.79 Å². The van der Waals surface area contributed by atoms with Gasteiger partial charge in [0.25, 0.3) is 5.91 Å². The summed E-state index contributed by atoms with van der Waals surface area (Å²) in [5, 5.41) is 9.47. The second kappa shape index (κ2) is 2.14. The van der Waals surface area contributed by atoms with Gasteiger partial charge in [0.1, 0.15) is 0 Å². The van der Waals surface area contributed by atoms with Crippen molar-refractivity contribution in [1.82, 2.24) is 5.43 Å². The largest absolute Gasteiger partial charge is 0.301 e. The minimum Gasteiger partial charge on any atom is -0.301 e. The Morgan fingerprint density at radius 3 is 3.00 bits per heavy atom. The molecule has 1 rings (SSSR count). The molecule has 1 amide bonds. The molecule has 5 heteroatoms. The van der Waals surface area contributed by atoms with Crippen molar-refractivity contribution in [2.45, 2.75) is 5.38 Å². The molecule has 9 heavy (non-hydrogen) atoms. The van der Waals surface area contributed by atoms with Crippen molar-refractivity contribution in [1.29, 1.82) is 5.41 Å². The topological polar surface area (TPSA) is 65.3 Å². The van der Waals surface area contributed by atoms with Gasteiger partial charge in [-0.2, -0.15) is 5.10 Å². The van der Waals surface area contributed by atoms with E-state index in [1.54, 1.807) is 0 Å². The number of amides is 1. The van der Waals surface area contributed by atoms with Crippen LogP contribution < -0.4 is 5.43 Å². The van der Waals surface area contributed by atoms with Gasteiger partial charge in [-0.1, -0.05) is 0 Å². The Hall–Kier alpha value is -0.900. The minimum absolute atomic E-state index is 0.0282. The standard InChI is InChI=1S/C4H4ClN3O/c5-3-2(6)1-7-8-4(3)9/h1,3,6H,(H,8,9). The SMILES string of the molecule is N=C1C=NNC(=O)C1Cl. The number of halogens is 1. The fourth-order valence-corrected chi connectivity index (χ4v) is 0.534. The van der Waals surface area contributed by atoms with Crippen molar-refractivity contribution < 1.29 is 4.79 Å². The lowest BCUT2D eigenvalue weighted by molar-refractivity contribution is -0.119. The van der Waals surface area contributed by atoms with E-state index in [4.69, 9.17) is 17.0 Å². The highest BCUT2D eigenvalue weighted by molar-refractivity contribution is 6.53. The third-order valence-electron chi connectivity index (χ3n) is 0.882. The molecule has 48 valence electrons. The van der Waals surface area contributed by atoms with Crippen LogP contribution in [-0.4, -0.2) is 23.2 Å². The molecule has 0 aromatic carbocycles. The van der Waals surface area contributed by atoms with Crippen molar-refractivity contribution in [3.63, 3.8) is 0 Å². The number of hydrazone groups is 1. The summed E-state index contributed by atoms with van der Waals surface area (Å²) < 4.78 is 0. The molecule has 0 aliphatic carbocycles. The number of hydrogen-bond acceptors (Lipinski definition) is 3. The van der Waals surface area contributed by atoms with Crippen LogP contribution in [0.3, 0.4) is 0 Å². The van der Waals surface area contributed by atoms with Crippen LogP contribution in [0.25, 0.3) is 0 Å². The highest BCUT2D eigenvalue weighted by Gasteiger charge is 2.21. The van der Waals surface area contributed by atoms with Gasteiger partial charge < -0.3 is 5.41 Å². The summed E-state index contributed by atoms with van der Waals surface area (Å²) in [7, 11) is 0. The fourth-order valence-electron chi connectivity index (χ4n) is 0.429. The third-order valence-corrected chi connectivity index (χ3v) is 1.31. The van der Waals surface area contributed by atoms with Gasteiger partial charge in [-0.25, -0.2) is 5.43 Å². The first-order chi connectivity index (χ1) is 4.22. The van der Waals surface area contributed by atoms with E-state index in [0.29, 0.717) is 0 Å². The van der Waals surface area contributed by atoms with Crippen molar-refractivity contribution in [3.8, 4) is 0 Å². The van der Waals surface area contributed by atoms with Crippen LogP contribution in [0.15, 0.2) is 5.10 Å². The molecule has 0 radical (unpaired) electrons. The second-order valence-electron chi connectivity index (χ2n) is 1.55. The van der Waals surface area contributed by atoms with E-state index in [2.05, 4.69) is 10.5 Å². The number of nitrogens with one attached hydrogen (secondary N) is 2. The second-order valence-corrected chi connectivity index (χ2v) is 1.99. The first kappa shape index (κ1) is 6.22. The summed E-state index contributed by atoms with van der Waals surface area (Å²) in [5.74, 6) is -0.441. The van der Waals surface area contributed by atoms with Crippen LogP contribution in [-0.2, 0) is 4.79 Å². The first-order valence-corrected chi connectivity index (χ1v) is 2.71. The van der Waals surface area contributed by atoms with E-state index in [1.807, 2.05) is 0 Å². The maximum atomic E-state index is 10.5. The van der Waals surface area contributed by atoms with Gasteiger partial charge in [0.2, 0.25) is 0 Å². The monoisotopic (exact) mass is 145 g/mol. The molecule has 1 aliphatic rings. The van der Waals surface area contributed by atoms with Gasteiger partial charge >= 0.3 is 0 Å². The van der Waals surface area contributed by atoms with E-state index in [9.17, 15) is 4.79 Å². The lowest BCUT2D eigenvalue weighted by atomic mass is 10.2. The predicted octanol–water partition coefficient (Wildman–Crippen LogP) is -0.271. The van der Waals surface area contributed by atoms with Crippen LogP contribution in [0.1, 0.15) is 0 Å². The van der Waals surface area contributed by atoms with Gasteiger partial charge in [-0.05, 0) is 0 Å². The van der Waals surface area contributed by atoms with Crippen molar-refractivity contribution in [3.05, 3.63) is 0 Å². The Kier molecular flexibility index (Phi) is 1.48. The number of hydrogen-bond donors (Lipinski definition) is 2. The van der Waals surface area contributed by atoms with Crippen LogP contribution in [0.5, 0.6) is 0 Å². The Morgan fingerprint density at radius 2 is 2.56 bits per heavy atom. The zero-order chi connectivity index (χ0) is 6.85. The van der Waals surface area contributed by atoms with Crippen molar-refractivity contribution in [2.24, 2.45) is 5.10 Å². The third kappa shape index (κ3) is 1.08. The van der Waals surface area contributed by atoms with Crippen LogP contribution >= 0.6 is 11.6 Å². The maximum Gasteiger partial charge on any atom is 0.264 e. The summed E-state index contributed by atoms with van der Waals surface area (Å²) in [5.41, 5.74) is 2.15. The molecule has 2 N–H and O–H groups in total. The van der Waals surface area contributed by atoms with Gasteiger partial charge in [0.15, 0.2) is 5.38 Å². The van der Waals surface area contributed by atoms with Crippen molar-refractivity contribution >= 4 is 29.4 Å². The molecule has 1 unspecified atom stereocenters. The van der Waals surface area contributed by atoms with Crippen molar-refractivity contribution in [2.75, 3.05) is 0 Å². The first-order valence-electron chi connectivity index (χ1n) is 2.27. The zero-order valence-electron chi connectivity index (χ0n) is 4.39. The summed E-state index contributed by atoms with van der Waals surface area (Å²) >= 11 is 5.39. The molecule has 0 fully saturated rings. The Bertz CT molecular complexity index is 188. The smallest absolute Gasteiger partial charge is 0.264 e. The van der Waals surface area contributed by atoms with E-state index < -0.39 is 11.3 Å². The summed E-state index contributed by atoms with van der Waals surface area (Å²) in [6, 6.07) is 0. The molecular formula is C4H4ClN3O. The highest BCUT2D eigenvalue weighted by atomic mass is 35.5. The molecule has 0 aromatic rings. The quantitative estimate of drug-likeness (QED) is 0.453. The average molecular weight is 146 g/mol. The molecule has 4 nitrogen and oxygen atoms in total. The van der Waals surface area contributed by atoms with E-state index in [-0.39, 0.29) is 5.71 Å². The molecule has 1 aliphatic heterocycles. The normalized spacial score (nSPS) is 26.1. The molecule has 0 saturated carbocycles. The molecule has 0 bridgehead atoms. The highest BCUT2D eigenvalue weighted by Crippen LogP contribution is 1.99. The summed E-state index contributed by atoms with van der Waals surface area (Å²) in [6.07, 6.45) is 1.21. The number of carbonyl (C=O) groups is 1. The number of rotatable bonds is 0. The molecule has 0 spiro atoms. The lowest BCUT2D eigenvalue weighted by Crippen LogP contribution is -2.38. The Labute approximate surface area is 56.4 Å². The Morgan fingerprint density at radius 1 is 1.89 bits per heavy atom. The number of nitrogens with zero attached hydrogens (tertiary/aromatic N) is 1. The lowest BCUT2D eigenvalue weighted by Gasteiger charge is -2.09. The molecule has 0 aromatic heterocycles. The van der Waals surface area contributed by atoms with Gasteiger partial charge in [0.05, 0.1) is 11.9 Å². The minimum atomic E-state index is -0.873. The van der Waals surface area contributed by atoms with E-state index >= 15 is 0 Å². The van der Waals surface area contributed by atoms with Crippen LogP contribution in [0.2, 0.25) is 0 Å². The van der Waals surface area contributed by atoms with Gasteiger partial charge in [0, 0.05) is 0 Å². The fraction of sp³-hybridized carbons (Fsp3) is 0.250. The van der Waals surface area contributed by atoms with Crippen LogP contribution in [0.4, 0.5) is 0 Å².